The van der Waals surface area contributed by atoms with Crippen LogP contribution in [0.15, 0.2) is 45.9 Å². The van der Waals surface area contributed by atoms with Gasteiger partial charge in [-0.05, 0) is 33.6 Å². The van der Waals surface area contributed by atoms with Crippen molar-refractivity contribution in [1.82, 2.24) is 4.57 Å². The van der Waals surface area contributed by atoms with Gasteiger partial charge in [-0.25, -0.2) is 0 Å². The lowest BCUT2D eigenvalue weighted by atomic mass is 10.0. The lowest BCUT2D eigenvalue weighted by Gasteiger charge is -2.09. The fourth-order valence-corrected chi connectivity index (χ4v) is 2.27. The van der Waals surface area contributed by atoms with Crippen LogP contribution >= 0.6 is 15.9 Å². The maximum Gasteiger partial charge on any atom is 0.416 e. The molecular formula is C13H9BrF3NO. The Hall–Kier alpha value is -1.56. The molecule has 0 fully saturated rings. The molecule has 2 aromatic rings. The predicted octanol–water partition coefficient (Wildman–Crippen LogP) is 3.83. The van der Waals surface area contributed by atoms with Crippen LogP contribution in [-0.4, -0.2) is 4.57 Å². The summed E-state index contributed by atoms with van der Waals surface area (Å²) in [5, 5.41) is 0. The van der Waals surface area contributed by atoms with E-state index >= 15 is 0 Å². The van der Waals surface area contributed by atoms with E-state index in [2.05, 4.69) is 15.9 Å². The molecule has 0 radical (unpaired) electrons. The first-order valence-electron chi connectivity index (χ1n) is 5.32. The zero-order valence-corrected chi connectivity index (χ0v) is 11.4. The van der Waals surface area contributed by atoms with Crippen molar-refractivity contribution in [3.63, 3.8) is 0 Å². The van der Waals surface area contributed by atoms with Gasteiger partial charge in [-0.3, -0.25) is 4.79 Å². The van der Waals surface area contributed by atoms with Gasteiger partial charge in [0.25, 0.3) is 0 Å². The summed E-state index contributed by atoms with van der Waals surface area (Å²) in [5.74, 6) is 0. The number of hydrogen-bond acceptors (Lipinski definition) is 1. The Bertz CT molecular complexity index is 676. The molecule has 0 N–H and O–H groups in total. The van der Waals surface area contributed by atoms with Crippen molar-refractivity contribution in [3.05, 3.63) is 56.9 Å². The molecule has 0 aliphatic heterocycles. The van der Waals surface area contributed by atoms with E-state index in [1.807, 2.05) is 0 Å². The monoisotopic (exact) mass is 331 g/mol. The number of alkyl halides is 3. The predicted molar refractivity (Wildman–Crippen MR) is 69.8 cm³/mol. The first kappa shape index (κ1) is 13.9. The molecule has 1 heterocycles. The van der Waals surface area contributed by atoms with Crippen molar-refractivity contribution in [2.45, 2.75) is 6.18 Å². The minimum atomic E-state index is -4.42. The largest absolute Gasteiger partial charge is 0.416 e. The highest BCUT2D eigenvalue weighted by Gasteiger charge is 2.30. The van der Waals surface area contributed by atoms with Crippen LogP contribution in [0.1, 0.15) is 5.56 Å². The number of rotatable bonds is 1. The van der Waals surface area contributed by atoms with E-state index in [0.717, 1.165) is 12.1 Å². The minimum absolute atomic E-state index is 0.225. The SMILES string of the molecule is Cn1cc(Br)c(=O)c(-c2cccc(C(F)(F)F)c2)c1. The van der Waals surface area contributed by atoms with Gasteiger partial charge in [0.15, 0.2) is 0 Å². The maximum absolute atomic E-state index is 12.7. The summed E-state index contributed by atoms with van der Waals surface area (Å²) in [6.45, 7) is 0. The first-order valence-corrected chi connectivity index (χ1v) is 6.12. The molecular weight excluding hydrogens is 323 g/mol. The highest BCUT2D eigenvalue weighted by Crippen LogP contribution is 2.31. The van der Waals surface area contributed by atoms with E-state index in [4.69, 9.17) is 0 Å². The van der Waals surface area contributed by atoms with Crippen LogP contribution in [-0.2, 0) is 13.2 Å². The zero-order valence-electron chi connectivity index (χ0n) is 9.83. The summed E-state index contributed by atoms with van der Waals surface area (Å²) in [6.07, 6.45) is -1.37. The molecule has 1 aromatic heterocycles. The fourth-order valence-electron chi connectivity index (χ4n) is 1.73. The summed E-state index contributed by atoms with van der Waals surface area (Å²) >= 11 is 3.10. The van der Waals surface area contributed by atoms with E-state index < -0.39 is 11.7 Å². The smallest absolute Gasteiger partial charge is 0.355 e. The first-order chi connectivity index (χ1) is 8.79. The number of nitrogens with zero attached hydrogens (tertiary/aromatic N) is 1. The molecule has 0 unspecified atom stereocenters. The van der Waals surface area contributed by atoms with Crippen LogP contribution < -0.4 is 5.43 Å². The Balaban J connectivity index is 2.64. The average Bonchev–Trinajstić information content (AvgIpc) is 2.33. The van der Waals surface area contributed by atoms with E-state index in [1.165, 1.54) is 18.3 Å². The molecule has 2 rings (SSSR count). The average molecular weight is 332 g/mol. The van der Waals surface area contributed by atoms with Gasteiger partial charge in [-0.1, -0.05) is 12.1 Å². The third kappa shape index (κ3) is 2.89. The molecule has 0 spiro atoms. The molecule has 19 heavy (non-hydrogen) atoms. The quantitative estimate of drug-likeness (QED) is 0.778. The van der Waals surface area contributed by atoms with Gasteiger partial charge < -0.3 is 4.57 Å². The summed E-state index contributed by atoms with van der Waals surface area (Å²) in [7, 11) is 1.70. The Kier molecular flexibility index (Phi) is 3.54. The number of benzene rings is 1. The summed E-state index contributed by atoms with van der Waals surface area (Å²) in [4.78, 5) is 11.9. The van der Waals surface area contributed by atoms with Crippen LogP contribution in [0.2, 0.25) is 0 Å². The molecule has 0 bridgehead atoms. The third-order valence-corrected chi connectivity index (χ3v) is 3.18. The maximum atomic E-state index is 12.7. The van der Waals surface area contributed by atoms with Crippen LogP contribution in [0.4, 0.5) is 13.2 Å². The minimum Gasteiger partial charge on any atom is -0.355 e. The molecule has 0 saturated carbocycles. The van der Waals surface area contributed by atoms with E-state index in [0.29, 0.717) is 4.47 Å². The molecule has 1 aromatic carbocycles. The van der Waals surface area contributed by atoms with E-state index in [9.17, 15) is 18.0 Å². The summed E-state index contributed by atoms with van der Waals surface area (Å²) < 4.78 is 39.9. The topological polar surface area (TPSA) is 22.0 Å². The molecule has 100 valence electrons. The highest BCUT2D eigenvalue weighted by atomic mass is 79.9. The number of aromatic nitrogens is 1. The lowest BCUT2D eigenvalue weighted by molar-refractivity contribution is -0.137. The Morgan fingerprint density at radius 1 is 1.21 bits per heavy atom. The molecule has 0 aliphatic carbocycles. The van der Waals surface area contributed by atoms with Crippen LogP contribution in [0.3, 0.4) is 0 Å². The van der Waals surface area contributed by atoms with E-state index in [1.54, 1.807) is 17.8 Å². The van der Waals surface area contributed by atoms with Gasteiger partial charge in [0.05, 0.1) is 10.0 Å². The van der Waals surface area contributed by atoms with Gasteiger partial charge in [0.1, 0.15) is 0 Å². The molecule has 0 aliphatic rings. The molecule has 2 nitrogen and oxygen atoms in total. The van der Waals surface area contributed by atoms with Gasteiger partial charge in [0, 0.05) is 25.0 Å². The van der Waals surface area contributed by atoms with Gasteiger partial charge >= 0.3 is 6.18 Å². The molecule has 0 saturated heterocycles. The van der Waals surface area contributed by atoms with Crippen LogP contribution in [0, 0.1) is 0 Å². The Morgan fingerprint density at radius 3 is 2.53 bits per heavy atom. The summed E-state index contributed by atoms with van der Waals surface area (Å²) in [5.41, 5.74) is -0.635. The number of hydrogen-bond donors (Lipinski definition) is 0. The van der Waals surface area contributed by atoms with Crippen molar-refractivity contribution in [1.29, 1.82) is 0 Å². The van der Waals surface area contributed by atoms with Crippen LogP contribution in [0.25, 0.3) is 11.1 Å². The second-order valence-electron chi connectivity index (χ2n) is 4.09. The Morgan fingerprint density at radius 2 is 1.89 bits per heavy atom. The van der Waals surface area contributed by atoms with E-state index in [-0.39, 0.29) is 16.6 Å². The molecule has 6 heteroatoms. The van der Waals surface area contributed by atoms with Crippen LogP contribution in [0.5, 0.6) is 0 Å². The van der Waals surface area contributed by atoms with Crippen molar-refractivity contribution >= 4 is 15.9 Å². The second kappa shape index (κ2) is 4.85. The molecule has 0 atom stereocenters. The highest BCUT2D eigenvalue weighted by molar-refractivity contribution is 9.10. The second-order valence-corrected chi connectivity index (χ2v) is 4.95. The summed E-state index contributed by atoms with van der Waals surface area (Å²) in [6, 6.07) is 4.73. The third-order valence-electron chi connectivity index (χ3n) is 2.61. The standard InChI is InChI=1S/C13H9BrF3NO/c1-18-6-10(12(19)11(14)7-18)8-3-2-4-9(5-8)13(15,16)17/h2-7H,1H3. The zero-order chi connectivity index (χ0) is 14.2. The van der Waals surface area contributed by atoms with Crippen molar-refractivity contribution in [2.75, 3.05) is 0 Å². The number of halogens is 4. The van der Waals surface area contributed by atoms with Crippen molar-refractivity contribution in [2.24, 2.45) is 7.05 Å². The van der Waals surface area contributed by atoms with Gasteiger partial charge in [0.2, 0.25) is 5.43 Å². The number of aryl methyl sites for hydroxylation is 1. The fraction of sp³-hybridized carbons (Fsp3) is 0.154. The van der Waals surface area contributed by atoms with Crippen molar-refractivity contribution < 1.29 is 13.2 Å². The van der Waals surface area contributed by atoms with Gasteiger partial charge in [-0.2, -0.15) is 13.2 Å². The lowest BCUT2D eigenvalue weighted by Crippen LogP contribution is -2.10. The normalized spacial score (nSPS) is 11.6. The van der Waals surface area contributed by atoms with Crippen molar-refractivity contribution in [3.8, 4) is 11.1 Å². The van der Waals surface area contributed by atoms with Gasteiger partial charge in [-0.15, -0.1) is 0 Å². The molecule has 0 amide bonds. The number of pyridine rings is 1. The Labute approximate surface area is 115 Å².